The monoisotopic (exact) mass is 471 g/mol. The highest BCUT2D eigenvalue weighted by Crippen LogP contribution is 2.23. The number of carbonyl (C=O) groups excluding carboxylic acids is 5. The van der Waals surface area contributed by atoms with Crippen molar-refractivity contribution < 1.29 is 28.7 Å². The Morgan fingerprint density at radius 3 is 2.20 bits per heavy atom. The largest absolute Gasteiger partial charge is 0.427 e. The molecule has 176 valence electrons. The van der Waals surface area contributed by atoms with Crippen LogP contribution in [0.5, 0.6) is 5.75 Å². The molecular weight excluding hydrogens is 450 g/mol. The SMILES string of the molecule is CC(=O)Oc1cccc(C(=O)NCc2ccccc2NC(=O)CN2C(=O)c3ccccc3C2=O)c1. The molecule has 9 nitrogen and oxygen atoms in total. The van der Waals surface area contributed by atoms with Crippen molar-refractivity contribution in [3.05, 3.63) is 95.1 Å². The molecule has 3 aromatic rings. The van der Waals surface area contributed by atoms with Gasteiger partial charge in [0.2, 0.25) is 5.91 Å². The van der Waals surface area contributed by atoms with Crippen LogP contribution in [0.3, 0.4) is 0 Å². The second kappa shape index (κ2) is 10.0. The maximum atomic E-state index is 12.7. The highest BCUT2D eigenvalue weighted by atomic mass is 16.5. The van der Waals surface area contributed by atoms with Gasteiger partial charge in [-0.25, -0.2) is 0 Å². The van der Waals surface area contributed by atoms with E-state index in [0.29, 0.717) is 16.8 Å². The molecule has 1 heterocycles. The molecule has 0 atom stereocenters. The van der Waals surface area contributed by atoms with E-state index in [1.165, 1.54) is 13.0 Å². The van der Waals surface area contributed by atoms with Gasteiger partial charge in [-0.1, -0.05) is 36.4 Å². The first-order valence-electron chi connectivity index (χ1n) is 10.7. The highest BCUT2D eigenvalue weighted by molar-refractivity contribution is 6.22. The van der Waals surface area contributed by atoms with Crippen molar-refractivity contribution in [2.75, 3.05) is 11.9 Å². The summed E-state index contributed by atoms with van der Waals surface area (Å²) in [4.78, 5) is 62.3. The van der Waals surface area contributed by atoms with Crippen molar-refractivity contribution in [3.8, 4) is 5.75 Å². The number of esters is 1. The van der Waals surface area contributed by atoms with Crippen LogP contribution in [0.1, 0.15) is 43.6 Å². The topological polar surface area (TPSA) is 122 Å². The maximum Gasteiger partial charge on any atom is 0.308 e. The summed E-state index contributed by atoms with van der Waals surface area (Å²) in [5, 5.41) is 5.46. The van der Waals surface area contributed by atoms with Gasteiger partial charge in [-0.3, -0.25) is 28.9 Å². The van der Waals surface area contributed by atoms with Crippen molar-refractivity contribution >= 4 is 35.3 Å². The fraction of sp³-hybridized carbons (Fsp3) is 0.115. The molecule has 0 saturated carbocycles. The molecule has 0 saturated heterocycles. The van der Waals surface area contributed by atoms with Gasteiger partial charge in [0.15, 0.2) is 0 Å². The Morgan fingerprint density at radius 1 is 0.857 bits per heavy atom. The number of amides is 4. The summed E-state index contributed by atoms with van der Waals surface area (Å²) >= 11 is 0. The van der Waals surface area contributed by atoms with Gasteiger partial charge in [0.05, 0.1) is 11.1 Å². The number of hydrogen-bond donors (Lipinski definition) is 2. The molecule has 0 aromatic heterocycles. The minimum absolute atomic E-state index is 0.0973. The average molecular weight is 471 g/mol. The normalized spacial score (nSPS) is 12.2. The molecule has 0 aliphatic carbocycles. The van der Waals surface area contributed by atoms with E-state index in [2.05, 4.69) is 10.6 Å². The first-order valence-corrected chi connectivity index (χ1v) is 10.7. The van der Waals surface area contributed by atoms with E-state index in [4.69, 9.17) is 4.74 Å². The molecule has 1 aliphatic heterocycles. The molecule has 0 fully saturated rings. The Morgan fingerprint density at radius 2 is 1.51 bits per heavy atom. The zero-order chi connectivity index (χ0) is 24.9. The Bertz CT molecular complexity index is 1320. The predicted molar refractivity (Wildman–Crippen MR) is 126 cm³/mol. The number of benzene rings is 3. The summed E-state index contributed by atoms with van der Waals surface area (Å²) in [5.74, 6) is -2.22. The molecule has 35 heavy (non-hydrogen) atoms. The predicted octanol–water partition coefficient (Wildman–Crippen LogP) is 2.78. The third-order valence-corrected chi connectivity index (χ3v) is 5.27. The van der Waals surface area contributed by atoms with Crippen molar-refractivity contribution in [1.29, 1.82) is 0 Å². The molecule has 0 radical (unpaired) electrons. The molecule has 3 aromatic carbocycles. The summed E-state index contributed by atoms with van der Waals surface area (Å²) in [6, 6.07) is 19.5. The van der Waals surface area contributed by atoms with Crippen LogP contribution in [-0.4, -0.2) is 41.0 Å². The summed E-state index contributed by atoms with van der Waals surface area (Å²) in [6.45, 7) is 0.933. The molecule has 9 heteroatoms. The standard InChI is InChI=1S/C26H21N3O6/c1-16(30)35-19-9-6-8-17(13-19)24(32)27-14-18-7-2-5-12-22(18)28-23(31)15-29-25(33)20-10-3-4-11-21(20)26(29)34/h2-13H,14-15H2,1H3,(H,27,32)(H,28,31). The number of nitrogens with one attached hydrogen (secondary N) is 2. The quantitative estimate of drug-likeness (QED) is 0.310. The van der Waals surface area contributed by atoms with E-state index in [-0.39, 0.29) is 23.4 Å². The number of rotatable bonds is 7. The molecule has 0 unspecified atom stereocenters. The molecule has 4 rings (SSSR count). The van der Waals surface area contributed by atoms with E-state index in [1.807, 2.05) is 0 Å². The number of ether oxygens (including phenoxy) is 1. The number of imide groups is 1. The molecule has 0 bridgehead atoms. The van der Waals surface area contributed by atoms with Gasteiger partial charge >= 0.3 is 5.97 Å². The Hall–Kier alpha value is -4.79. The van der Waals surface area contributed by atoms with Gasteiger partial charge in [0.25, 0.3) is 17.7 Å². The van der Waals surface area contributed by atoms with Gasteiger partial charge in [0, 0.05) is 24.7 Å². The molecule has 0 spiro atoms. The Balaban J connectivity index is 1.39. The summed E-state index contributed by atoms with van der Waals surface area (Å²) in [7, 11) is 0. The molecular formula is C26H21N3O6. The molecule has 1 aliphatic rings. The van der Waals surface area contributed by atoms with Crippen LogP contribution in [-0.2, 0) is 16.1 Å². The maximum absolute atomic E-state index is 12.7. The second-order valence-corrected chi connectivity index (χ2v) is 7.75. The lowest BCUT2D eigenvalue weighted by molar-refractivity contribution is -0.131. The Labute approximate surface area is 200 Å². The number of anilines is 1. The van der Waals surface area contributed by atoms with Gasteiger partial charge < -0.3 is 15.4 Å². The zero-order valence-electron chi connectivity index (χ0n) is 18.7. The zero-order valence-corrected chi connectivity index (χ0v) is 18.7. The van der Waals surface area contributed by atoms with Gasteiger partial charge in [-0.05, 0) is 42.0 Å². The van der Waals surface area contributed by atoms with E-state index in [0.717, 1.165) is 4.90 Å². The van der Waals surface area contributed by atoms with Gasteiger partial charge in [-0.15, -0.1) is 0 Å². The molecule has 2 N–H and O–H groups in total. The van der Waals surface area contributed by atoms with Crippen molar-refractivity contribution in [2.24, 2.45) is 0 Å². The first kappa shape index (κ1) is 23.4. The first-order chi connectivity index (χ1) is 16.8. The summed E-state index contributed by atoms with van der Waals surface area (Å²) in [6.07, 6.45) is 0. The van der Waals surface area contributed by atoms with Crippen LogP contribution in [0.4, 0.5) is 5.69 Å². The smallest absolute Gasteiger partial charge is 0.308 e. The van der Waals surface area contributed by atoms with Crippen molar-refractivity contribution in [2.45, 2.75) is 13.5 Å². The van der Waals surface area contributed by atoms with Crippen molar-refractivity contribution in [1.82, 2.24) is 10.2 Å². The fourth-order valence-corrected chi connectivity index (χ4v) is 3.66. The number of nitrogens with zero attached hydrogens (tertiary/aromatic N) is 1. The third kappa shape index (κ3) is 5.25. The van der Waals surface area contributed by atoms with Gasteiger partial charge in [-0.2, -0.15) is 0 Å². The average Bonchev–Trinajstić information content (AvgIpc) is 3.08. The number of fused-ring (bicyclic) bond motifs is 1. The van der Waals surface area contributed by atoms with Crippen LogP contribution in [0, 0.1) is 0 Å². The van der Waals surface area contributed by atoms with Crippen LogP contribution in [0.2, 0.25) is 0 Å². The fourth-order valence-electron chi connectivity index (χ4n) is 3.66. The van der Waals surface area contributed by atoms with Crippen LogP contribution in [0.25, 0.3) is 0 Å². The molecule has 4 amide bonds. The van der Waals surface area contributed by atoms with Crippen LogP contribution < -0.4 is 15.4 Å². The summed E-state index contributed by atoms with van der Waals surface area (Å²) in [5.41, 5.74) is 1.89. The highest BCUT2D eigenvalue weighted by Gasteiger charge is 2.36. The number of hydrogen-bond acceptors (Lipinski definition) is 6. The lowest BCUT2D eigenvalue weighted by Gasteiger charge is -2.16. The van der Waals surface area contributed by atoms with E-state index in [1.54, 1.807) is 66.7 Å². The second-order valence-electron chi connectivity index (χ2n) is 7.75. The van der Waals surface area contributed by atoms with Crippen molar-refractivity contribution in [3.63, 3.8) is 0 Å². The van der Waals surface area contributed by atoms with Gasteiger partial charge in [0.1, 0.15) is 12.3 Å². The van der Waals surface area contributed by atoms with Crippen LogP contribution >= 0.6 is 0 Å². The minimum Gasteiger partial charge on any atom is -0.427 e. The third-order valence-electron chi connectivity index (χ3n) is 5.27. The number of carbonyl (C=O) groups is 5. The van der Waals surface area contributed by atoms with Crippen LogP contribution in [0.15, 0.2) is 72.8 Å². The lowest BCUT2D eigenvalue weighted by Crippen LogP contribution is -2.37. The Kier molecular flexibility index (Phi) is 6.68. The van der Waals surface area contributed by atoms with E-state index < -0.39 is 36.1 Å². The van der Waals surface area contributed by atoms with E-state index in [9.17, 15) is 24.0 Å². The minimum atomic E-state index is -0.549. The van der Waals surface area contributed by atoms with E-state index >= 15 is 0 Å². The lowest BCUT2D eigenvalue weighted by atomic mass is 10.1. The summed E-state index contributed by atoms with van der Waals surface area (Å²) < 4.78 is 5.00. The number of para-hydroxylation sites is 1.